The molecule has 0 fully saturated rings. The molecule has 164 valence electrons. The van der Waals surface area contributed by atoms with E-state index in [1.165, 1.54) is 11.5 Å². The first-order valence-corrected chi connectivity index (χ1v) is 11.5. The van der Waals surface area contributed by atoms with E-state index in [2.05, 4.69) is 32.6 Å². The highest BCUT2D eigenvalue weighted by atomic mass is 32.1. The quantitative estimate of drug-likeness (QED) is 0.342. The van der Waals surface area contributed by atoms with Gasteiger partial charge in [0.25, 0.3) is 0 Å². The summed E-state index contributed by atoms with van der Waals surface area (Å²) in [7, 11) is 0. The predicted octanol–water partition coefficient (Wildman–Crippen LogP) is 6.16. The van der Waals surface area contributed by atoms with E-state index in [0.29, 0.717) is 22.3 Å². The molecule has 0 bridgehead atoms. The maximum atomic E-state index is 13.3. The largest absolute Gasteiger partial charge is 0.455 e. The number of hydrogen-bond donors (Lipinski definition) is 1. The number of rotatable bonds is 5. The Hall–Kier alpha value is -3.84. The van der Waals surface area contributed by atoms with Crippen molar-refractivity contribution in [2.24, 2.45) is 0 Å². The Labute approximate surface area is 195 Å². The zero-order valence-corrected chi connectivity index (χ0v) is 19.3. The smallest absolute Gasteiger partial charge is 0.196 e. The third-order valence-electron chi connectivity index (χ3n) is 5.67. The van der Waals surface area contributed by atoms with Crippen LogP contribution in [0.1, 0.15) is 29.7 Å². The fraction of sp³-hybridized carbons (Fsp3) is 0.154. The lowest BCUT2D eigenvalue weighted by Gasteiger charge is -2.20. The average Bonchev–Trinajstić information content (AvgIpc) is 3.37. The molecule has 0 radical (unpaired) electrons. The van der Waals surface area contributed by atoms with Crippen LogP contribution < -0.4 is 10.7 Å². The van der Waals surface area contributed by atoms with E-state index in [9.17, 15) is 4.79 Å². The lowest BCUT2D eigenvalue weighted by molar-refractivity contribution is 0.605. The number of aryl methyl sites for hydroxylation is 1. The molecule has 0 saturated carbocycles. The van der Waals surface area contributed by atoms with Crippen LogP contribution >= 0.6 is 11.5 Å². The molecule has 4 heterocycles. The summed E-state index contributed by atoms with van der Waals surface area (Å²) >= 11 is 1.39. The molecule has 6 nitrogen and oxygen atoms in total. The normalized spacial score (nSPS) is 12.1. The lowest BCUT2D eigenvalue weighted by Crippen LogP contribution is -2.13. The van der Waals surface area contributed by atoms with Crippen LogP contribution in [-0.4, -0.2) is 14.3 Å². The molecule has 0 aliphatic rings. The molecule has 0 saturated heterocycles. The SMILES string of the molecule is Cc1cc([C@@H](C)Nc2cccnc2-c2cnsc2)c2oc(-c3cccnc3)c(C)c(=O)c2c1. The van der Waals surface area contributed by atoms with Crippen molar-refractivity contribution in [1.82, 2.24) is 14.3 Å². The second-order valence-corrected chi connectivity index (χ2v) is 8.69. The summed E-state index contributed by atoms with van der Waals surface area (Å²) in [6.07, 6.45) is 7.00. The number of nitrogens with one attached hydrogen (secondary N) is 1. The molecule has 0 amide bonds. The van der Waals surface area contributed by atoms with E-state index in [4.69, 9.17) is 4.42 Å². The molecule has 0 aliphatic heterocycles. The van der Waals surface area contributed by atoms with Gasteiger partial charge in [-0.2, -0.15) is 0 Å². The Balaban J connectivity index is 1.64. The Bertz CT molecular complexity index is 1490. The number of aromatic nitrogens is 3. The van der Waals surface area contributed by atoms with Crippen molar-refractivity contribution in [3.05, 3.63) is 93.5 Å². The molecule has 33 heavy (non-hydrogen) atoms. The van der Waals surface area contributed by atoms with Crippen LogP contribution in [0.15, 0.2) is 75.8 Å². The van der Waals surface area contributed by atoms with Crippen LogP contribution in [0, 0.1) is 13.8 Å². The molecule has 0 spiro atoms. The summed E-state index contributed by atoms with van der Waals surface area (Å²) < 4.78 is 10.6. The Morgan fingerprint density at radius 1 is 1.06 bits per heavy atom. The minimum absolute atomic E-state index is 0.0290. The van der Waals surface area contributed by atoms with Crippen molar-refractivity contribution in [3.63, 3.8) is 0 Å². The van der Waals surface area contributed by atoms with E-state index in [-0.39, 0.29) is 11.5 Å². The summed E-state index contributed by atoms with van der Waals surface area (Å²) in [5, 5.41) is 6.12. The van der Waals surface area contributed by atoms with Gasteiger partial charge in [-0.25, -0.2) is 4.37 Å². The molecule has 0 aliphatic carbocycles. The third-order valence-corrected chi connectivity index (χ3v) is 6.25. The highest BCUT2D eigenvalue weighted by Gasteiger charge is 2.20. The molecule has 4 aromatic heterocycles. The second kappa shape index (κ2) is 8.60. The summed E-state index contributed by atoms with van der Waals surface area (Å²) in [4.78, 5) is 22.0. The number of nitrogens with zero attached hydrogens (tertiary/aromatic N) is 3. The zero-order chi connectivity index (χ0) is 22.9. The highest BCUT2D eigenvalue weighted by Crippen LogP contribution is 2.34. The summed E-state index contributed by atoms with van der Waals surface area (Å²) in [5.41, 5.74) is 6.51. The van der Waals surface area contributed by atoms with Crippen LogP contribution in [0.5, 0.6) is 0 Å². The average molecular weight is 455 g/mol. The van der Waals surface area contributed by atoms with Crippen molar-refractivity contribution in [2.75, 3.05) is 5.32 Å². The standard InChI is InChI=1S/C26H22N4O2S/c1-15-10-20(17(3)30-22-7-5-9-28-23(22)19-13-29-33-14-19)26-21(11-15)24(31)16(2)25(32-26)18-6-4-8-27-12-18/h4-14,17,30H,1-3H3/t17-/m1/s1. The van der Waals surface area contributed by atoms with Crippen molar-refractivity contribution in [3.8, 4) is 22.6 Å². The molecule has 1 atom stereocenters. The first-order valence-electron chi connectivity index (χ1n) is 10.6. The van der Waals surface area contributed by atoms with Crippen molar-refractivity contribution >= 4 is 28.2 Å². The van der Waals surface area contributed by atoms with E-state index >= 15 is 0 Å². The second-order valence-electron chi connectivity index (χ2n) is 8.04. The van der Waals surface area contributed by atoms with Crippen molar-refractivity contribution in [2.45, 2.75) is 26.8 Å². The van der Waals surface area contributed by atoms with Crippen LogP contribution in [0.25, 0.3) is 33.6 Å². The van der Waals surface area contributed by atoms with E-state index < -0.39 is 0 Å². The lowest BCUT2D eigenvalue weighted by atomic mass is 9.99. The first-order chi connectivity index (χ1) is 16.0. The van der Waals surface area contributed by atoms with Gasteiger partial charge >= 0.3 is 0 Å². The Morgan fingerprint density at radius 3 is 2.67 bits per heavy atom. The fourth-order valence-electron chi connectivity index (χ4n) is 4.05. The Morgan fingerprint density at radius 2 is 1.91 bits per heavy atom. The minimum atomic E-state index is -0.144. The molecular formula is C26H22N4O2S. The Kier molecular flexibility index (Phi) is 5.48. The number of anilines is 1. The van der Waals surface area contributed by atoms with Gasteiger partial charge in [0, 0.05) is 46.2 Å². The van der Waals surface area contributed by atoms with E-state index in [1.54, 1.807) is 25.5 Å². The van der Waals surface area contributed by atoms with Gasteiger partial charge in [0.05, 0.1) is 29.0 Å². The van der Waals surface area contributed by atoms with Crippen molar-refractivity contribution < 1.29 is 4.42 Å². The summed E-state index contributed by atoms with van der Waals surface area (Å²) in [6.45, 7) is 5.85. The van der Waals surface area contributed by atoms with Gasteiger partial charge < -0.3 is 9.73 Å². The third kappa shape index (κ3) is 3.91. The van der Waals surface area contributed by atoms with Crippen LogP contribution in [0.2, 0.25) is 0 Å². The summed E-state index contributed by atoms with van der Waals surface area (Å²) in [5.74, 6) is 0.546. The van der Waals surface area contributed by atoms with Gasteiger partial charge in [-0.1, -0.05) is 6.07 Å². The number of fused-ring (bicyclic) bond motifs is 1. The number of hydrogen-bond acceptors (Lipinski definition) is 7. The van der Waals surface area contributed by atoms with Gasteiger partial charge in [-0.3, -0.25) is 14.8 Å². The first kappa shape index (κ1) is 21.0. The molecule has 5 rings (SSSR count). The van der Waals surface area contributed by atoms with Gasteiger partial charge in [0.1, 0.15) is 11.3 Å². The highest BCUT2D eigenvalue weighted by molar-refractivity contribution is 7.03. The van der Waals surface area contributed by atoms with Crippen molar-refractivity contribution in [1.29, 1.82) is 0 Å². The fourth-order valence-corrected chi connectivity index (χ4v) is 4.57. The maximum absolute atomic E-state index is 13.3. The summed E-state index contributed by atoms with van der Waals surface area (Å²) in [6, 6.07) is 11.4. The van der Waals surface area contributed by atoms with E-state index in [0.717, 1.165) is 33.6 Å². The zero-order valence-electron chi connectivity index (χ0n) is 18.5. The van der Waals surface area contributed by atoms with Gasteiger partial charge in [-0.05, 0) is 68.2 Å². The molecule has 5 aromatic rings. The number of benzene rings is 1. The molecule has 1 aromatic carbocycles. The number of pyridine rings is 2. The predicted molar refractivity (Wildman–Crippen MR) is 133 cm³/mol. The van der Waals surface area contributed by atoms with Gasteiger partial charge in [0.2, 0.25) is 0 Å². The topological polar surface area (TPSA) is 80.9 Å². The molecule has 7 heteroatoms. The van der Waals surface area contributed by atoms with Crippen LogP contribution in [-0.2, 0) is 0 Å². The van der Waals surface area contributed by atoms with E-state index in [1.807, 2.05) is 48.8 Å². The van der Waals surface area contributed by atoms with Gasteiger partial charge in [0.15, 0.2) is 5.43 Å². The molecule has 1 N–H and O–H groups in total. The monoisotopic (exact) mass is 454 g/mol. The molecular weight excluding hydrogens is 432 g/mol. The van der Waals surface area contributed by atoms with Crippen LogP contribution in [0.4, 0.5) is 5.69 Å². The molecule has 0 unspecified atom stereocenters. The van der Waals surface area contributed by atoms with Gasteiger partial charge in [-0.15, -0.1) is 0 Å². The minimum Gasteiger partial charge on any atom is -0.455 e. The maximum Gasteiger partial charge on any atom is 0.196 e. The van der Waals surface area contributed by atoms with Crippen LogP contribution in [0.3, 0.4) is 0 Å².